The molecule has 0 aliphatic heterocycles. The van der Waals surface area contributed by atoms with Crippen LogP contribution in [0.2, 0.25) is 0 Å². The molecule has 0 saturated heterocycles. The molecule has 4 N–H and O–H groups in total. The molecule has 0 atom stereocenters. The van der Waals surface area contributed by atoms with E-state index in [1.807, 2.05) is 111 Å². The van der Waals surface area contributed by atoms with Gasteiger partial charge in [0.25, 0.3) is 32.6 Å². The second-order valence-electron chi connectivity index (χ2n) is 22.6. The molecule has 0 radical (unpaired) electrons. The number of nitrogens with zero attached hydrogens (tertiary/aromatic N) is 4. The summed E-state index contributed by atoms with van der Waals surface area (Å²) in [6.07, 6.45) is 1.88. The lowest BCUT2D eigenvalue weighted by Gasteiger charge is -2.40. The molecule has 342 valence electrons. The molecule has 0 aliphatic rings. The Bertz CT molecular complexity index is 1920. The lowest BCUT2D eigenvalue weighted by atomic mass is 9.99. The van der Waals surface area contributed by atoms with Gasteiger partial charge >= 0.3 is 0 Å². The molecule has 14 nitrogen and oxygen atoms in total. The smallest absolute Gasteiger partial charge is 0.253 e. The minimum Gasteiger partial charge on any atom is -0.375 e. The second kappa shape index (κ2) is 19.8. The Morgan fingerprint density at radius 3 is 0.750 bits per heavy atom. The van der Waals surface area contributed by atoms with Gasteiger partial charge < -0.3 is 40.9 Å². The summed E-state index contributed by atoms with van der Waals surface area (Å²) in [7, 11) is 8.13. The van der Waals surface area contributed by atoms with Crippen LogP contribution in [-0.2, 0) is 0 Å². The number of rotatable bonds is 14. The van der Waals surface area contributed by atoms with Gasteiger partial charge in [0, 0.05) is 46.3 Å². The van der Waals surface area contributed by atoms with Gasteiger partial charge in [0.05, 0.1) is 0 Å². The van der Waals surface area contributed by atoms with Crippen LogP contribution in [0.15, 0.2) is 28.8 Å². The first-order valence-corrected chi connectivity index (χ1v) is 21.2. The maximum atomic E-state index is 12.1. The summed E-state index contributed by atoms with van der Waals surface area (Å²) in [5.41, 5.74) is -0.890. The third kappa shape index (κ3) is 16.4. The predicted molar refractivity (Wildman–Crippen MR) is 258 cm³/mol. The molecule has 3 aromatic rings. The molecule has 60 heavy (non-hydrogen) atoms. The van der Waals surface area contributed by atoms with Crippen LogP contribution in [0.1, 0.15) is 137 Å². The Hall–Kier alpha value is -4.04. The standard InChI is InChI=1S/2C17H31N3O2.C12H20N2O2/c2*1-16(2,3)18-12-13(15(22)14(12)21)20(17(4,5)6)11-9-10-19(7)8;1-11(2,3)13-7-8(10(16)9(7)15)14-12(4,5)6/h2*18H,9-11H2,1-8H3;13-14H,1-6H3. The van der Waals surface area contributed by atoms with Crippen molar-refractivity contribution >= 4 is 34.1 Å². The van der Waals surface area contributed by atoms with E-state index in [1.54, 1.807) is 0 Å². The number of hydrogen-bond acceptors (Lipinski definition) is 14. The largest absolute Gasteiger partial charge is 0.375 e. The zero-order valence-corrected chi connectivity index (χ0v) is 41.5. The summed E-state index contributed by atoms with van der Waals surface area (Å²) in [4.78, 5) is 79.4. The third-order valence-corrected chi connectivity index (χ3v) is 8.81. The third-order valence-electron chi connectivity index (χ3n) is 8.81. The van der Waals surface area contributed by atoms with Crippen molar-refractivity contribution in [2.45, 2.75) is 171 Å². The summed E-state index contributed by atoms with van der Waals surface area (Å²) in [5, 5.41) is 12.5. The Balaban J connectivity index is 0.000000456. The van der Waals surface area contributed by atoms with Crippen molar-refractivity contribution in [1.82, 2.24) is 9.80 Å². The molecule has 0 amide bonds. The van der Waals surface area contributed by atoms with Crippen LogP contribution >= 0.6 is 0 Å². The molecule has 0 aromatic heterocycles. The summed E-state index contributed by atoms with van der Waals surface area (Å²) < 4.78 is 0. The van der Waals surface area contributed by atoms with Gasteiger partial charge in [0.1, 0.15) is 34.1 Å². The van der Waals surface area contributed by atoms with Crippen LogP contribution in [-0.4, -0.2) is 97.4 Å². The zero-order chi connectivity index (χ0) is 47.3. The van der Waals surface area contributed by atoms with E-state index >= 15 is 0 Å². The highest BCUT2D eigenvalue weighted by atomic mass is 16.2. The van der Waals surface area contributed by atoms with E-state index in [9.17, 15) is 28.8 Å². The molecule has 0 fully saturated rings. The molecule has 3 aromatic carbocycles. The lowest BCUT2D eigenvalue weighted by Crippen LogP contribution is -2.52. The van der Waals surface area contributed by atoms with Crippen molar-refractivity contribution in [1.29, 1.82) is 0 Å². The van der Waals surface area contributed by atoms with Crippen LogP contribution in [0.5, 0.6) is 0 Å². The van der Waals surface area contributed by atoms with Crippen molar-refractivity contribution < 1.29 is 0 Å². The molecule has 0 aliphatic carbocycles. The van der Waals surface area contributed by atoms with Crippen molar-refractivity contribution in [3.63, 3.8) is 0 Å². The monoisotopic (exact) mass is 843 g/mol. The predicted octanol–water partition coefficient (Wildman–Crippen LogP) is 5.80. The quantitative estimate of drug-likeness (QED) is 0.144. The molecule has 0 unspecified atom stereocenters. The van der Waals surface area contributed by atoms with Crippen LogP contribution in [0.25, 0.3) is 0 Å². The zero-order valence-electron chi connectivity index (χ0n) is 41.5. The summed E-state index contributed by atoms with van der Waals surface area (Å²) in [5.74, 6) is 0. The molecular formula is C46H82N8O6. The van der Waals surface area contributed by atoms with E-state index in [0.717, 1.165) is 39.0 Å². The lowest BCUT2D eigenvalue weighted by molar-refractivity contribution is 0.388. The Kier molecular flexibility index (Phi) is 17.8. The van der Waals surface area contributed by atoms with Crippen LogP contribution in [0.3, 0.4) is 0 Å². The average molecular weight is 843 g/mol. The minimum atomic E-state index is -0.429. The molecule has 0 saturated carbocycles. The van der Waals surface area contributed by atoms with E-state index in [-0.39, 0.29) is 44.1 Å². The summed E-state index contributed by atoms with van der Waals surface area (Å²) in [6.45, 7) is 39.4. The van der Waals surface area contributed by atoms with Gasteiger partial charge in [0.15, 0.2) is 0 Å². The van der Waals surface area contributed by atoms with E-state index in [1.165, 1.54) is 0 Å². The second-order valence-corrected chi connectivity index (χ2v) is 22.6. The van der Waals surface area contributed by atoms with E-state index in [0.29, 0.717) is 34.1 Å². The van der Waals surface area contributed by atoms with Gasteiger partial charge in [-0.2, -0.15) is 0 Å². The SMILES string of the molecule is CC(C)(C)Nc1c(NC(C)(C)C)c(=O)c1=O.CN(C)CCCN(c1c(NC(C)(C)C)c(=O)c1=O)C(C)(C)C.CN(C)CCCN(c1c(NC(C)(C)C)c(=O)c1=O)C(C)(C)C. The van der Waals surface area contributed by atoms with E-state index in [4.69, 9.17) is 0 Å². The van der Waals surface area contributed by atoms with Crippen molar-refractivity contribution in [3.05, 3.63) is 61.3 Å². The van der Waals surface area contributed by atoms with Crippen molar-refractivity contribution in [2.24, 2.45) is 0 Å². The first kappa shape index (κ1) is 54.0. The van der Waals surface area contributed by atoms with Crippen molar-refractivity contribution in [2.75, 3.05) is 85.4 Å². The molecule has 0 heterocycles. The van der Waals surface area contributed by atoms with E-state index < -0.39 is 21.7 Å². The first-order chi connectivity index (χ1) is 26.7. The maximum absolute atomic E-state index is 12.1. The number of hydrogen-bond donors (Lipinski definition) is 4. The molecular weight excluding hydrogens is 761 g/mol. The molecule has 0 spiro atoms. The van der Waals surface area contributed by atoms with Gasteiger partial charge in [-0.25, -0.2) is 0 Å². The highest BCUT2D eigenvalue weighted by Gasteiger charge is 2.35. The number of nitrogens with one attached hydrogen (secondary N) is 4. The normalized spacial score (nSPS) is 12.9. The van der Waals surface area contributed by atoms with Crippen LogP contribution in [0, 0.1) is 0 Å². The van der Waals surface area contributed by atoms with Crippen molar-refractivity contribution in [3.8, 4) is 0 Å². The molecule has 3 rings (SSSR count). The van der Waals surface area contributed by atoms with E-state index in [2.05, 4.69) is 82.4 Å². The van der Waals surface area contributed by atoms with Gasteiger partial charge in [-0.15, -0.1) is 0 Å². The highest BCUT2D eigenvalue weighted by Crippen LogP contribution is 2.31. The van der Waals surface area contributed by atoms with Gasteiger partial charge in [-0.05, 0) is 179 Å². The summed E-state index contributed by atoms with van der Waals surface area (Å²) >= 11 is 0. The Morgan fingerprint density at radius 1 is 0.333 bits per heavy atom. The molecule has 14 heteroatoms. The summed E-state index contributed by atoms with van der Waals surface area (Å²) in [6, 6.07) is 0. The highest BCUT2D eigenvalue weighted by molar-refractivity contribution is 5.78. The Morgan fingerprint density at radius 2 is 0.550 bits per heavy atom. The maximum Gasteiger partial charge on any atom is 0.253 e. The topological polar surface area (TPSA) is 163 Å². The van der Waals surface area contributed by atoms with Gasteiger partial charge in [-0.3, -0.25) is 28.8 Å². The fourth-order valence-corrected chi connectivity index (χ4v) is 6.29. The van der Waals surface area contributed by atoms with Crippen LogP contribution < -0.4 is 63.6 Å². The number of anilines is 6. The van der Waals surface area contributed by atoms with Crippen LogP contribution in [0.4, 0.5) is 34.1 Å². The Labute approximate surface area is 360 Å². The molecule has 0 bridgehead atoms. The fraction of sp³-hybridized carbons (Fsp3) is 0.739. The first-order valence-electron chi connectivity index (χ1n) is 21.2. The van der Waals surface area contributed by atoms with Gasteiger partial charge in [-0.1, -0.05) is 0 Å². The minimum absolute atomic E-state index is 0.206. The average Bonchev–Trinajstić information content (AvgIpc) is 3.04. The fourth-order valence-electron chi connectivity index (χ4n) is 6.29. The van der Waals surface area contributed by atoms with Gasteiger partial charge in [0.2, 0.25) is 0 Å².